The highest BCUT2D eigenvalue weighted by Crippen LogP contribution is 2.26. The average Bonchev–Trinajstić information content (AvgIpc) is 2.78. The maximum atomic E-state index is 12.0. The van der Waals surface area contributed by atoms with Crippen molar-refractivity contribution in [3.05, 3.63) is 28.5 Å². The number of carbonyl (C=O) groups excluding carboxylic acids is 1. The Morgan fingerprint density at radius 2 is 2.22 bits per heavy atom. The Bertz CT molecular complexity index is 478. The number of carboxylic acid groups (broad SMARTS) is 1. The van der Waals surface area contributed by atoms with Crippen molar-refractivity contribution in [2.24, 2.45) is 5.92 Å². The fourth-order valence-corrected chi connectivity index (χ4v) is 2.59. The third-order valence-electron chi connectivity index (χ3n) is 3.13. The smallest absolute Gasteiger partial charge is 0.306 e. The lowest BCUT2D eigenvalue weighted by atomic mass is 10.1. The van der Waals surface area contributed by atoms with E-state index in [1.807, 2.05) is 0 Å². The van der Waals surface area contributed by atoms with Gasteiger partial charge in [-0.3, -0.25) is 14.6 Å². The van der Waals surface area contributed by atoms with Crippen LogP contribution in [0.5, 0.6) is 0 Å². The largest absolute Gasteiger partial charge is 0.481 e. The van der Waals surface area contributed by atoms with E-state index in [-0.39, 0.29) is 17.9 Å². The number of hydrogen-bond acceptors (Lipinski definition) is 3. The highest BCUT2D eigenvalue weighted by Gasteiger charge is 2.30. The SMILES string of the molecule is O=C(N[C@H]1CC[C@@H](C(=O)O)C1)c1ccncc1Br. The summed E-state index contributed by atoms with van der Waals surface area (Å²) in [7, 11) is 0. The first kappa shape index (κ1) is 13.0. The van der Waals surface area contributed by atoms with E-state index in [1.54, 1.807) is 18.5 Å². The van der Waals surface area contributed by atoms with Gasteiger partial charge < -0.3 is 10.4 Å². The van der Waals surface area contributed by atoms with Gasteiger partial charge >= 0.3 is 5.97 Å². The second-order valence-corrected chi connectivity index (χ2v) is 5.23. The van der Waals surface area contributed by atoms with Crippen molar-refractivity contribution in [3.63, 3.8) is 0 Å². The highest BCUT2D eigenvalue weighted by molar-refractivity contribution is 9.10. The minimum absolute atomic E-state index is 0.0568. The van der Waals surface area contributed by atoms with Gasteiger partial charge in [0.25, 0.3) is 5.91 Å². The monoisotopic (exact) mass is 312 g/mol. The molecule has 0 aromatic carbocycles. The van der Waals surface area contributed by atoms with Crippen LogP contribution in [0.1, 0.15) is 29.6 Å². The number of amides is 1. The number of nitrogens with one attached hydrogen (secondary N) is 1. The number of nitrogens with zero attached hydrogens (tertiary/aromatic N) is 1. The van der Waals surface area contributed by atoms with Gasteiger partial charge in [-0.25, -0.2) is 0 Å². The van der Waals surface area contributed by atoms with Crippen molar-refractivity contribution in [2.45, 2.75) is 25.3 Å². The van der Waals surface area contributed by atoms with Crippen LogP contribution in [-0.4, -0.2) is 28.0 Å². The molecule has 1 saturated carbocycles. The molecule has 2 N–H and O–H groups in total. The van der Waals surface area contributed by atoms with E-state index in [0.29, 0.717) is 29.3 Å². The Morgan fingerprint density at radius 1 is 1.44 bits per heavy atom. The summed E-state index contributed by atoms with van der Waals surface area (Å²) in [4.78, 5) is 26.7. The van der Waals surface area contributed by atoms with Crippen LogP contribution in [-0.2, 0) is 4.79 Å². The molecule has 1 heterocycles. The minimum atomic E-state index is -0.781. The summed E-state index contributed by atoms with van der Waals surface area (Å²) in [6.45, 7) is 0. The lowest BCUT2D eigenvalue weighted by Crippen LogP contribution is -2.33. The fraction of sp³-hybridized carbons (Fsp3) is 0.417. The summed E-state index contributed by atoms with van der Waals surface area (Å²) in [5.74, 6) is -1.31. The zero-order chi connectivity index (χ0) is 13.1. The van der Waals surface area contributed by atoms with Gasteiger partial charge in [-0.1, -0.05) is 0 Å². The molecule has 5 nitrogen and oxygen atoms in total. The maximum Gasteiger partial charge on any atom is 0.306 e. The van der Waals surface area contributed by atoms with Crippen molar-refractivity contribution >= 4 is 27.8 Å². The summed E-state index contributed by atoms with van der Waals surface area (Å²) in [5, 5.41) is 11.8. The van der Waals surface area contributed by atoms with Crippen molar-refractivity contribution in [2.75, 3.05) is 0 Å². The number of rotatable bonds is 3. The molecular weight excluding hydrogens is 300 g/mol. The number of aliphatic carboxylic acids is 1. The molecule has 0 spiro atoms. The van der Waals surface area contributed by atoms with Gasteiger partial charge in [0.15, 0.2) is 0 Å². The Labute approximate surface area is 113 Å². The first-order chi connectivity index (χ1) is 8.58. The lowest BCUT2D eigenvalue weighted by Gasteiger charge is -2.13. The lowest BCUT2D eigenvalue weighted by molar-refractivity contribution is -0.141. The molecule has 0 bridgehead atoms. The van der Waals surface area contributed by atoms with Crippen LogP contribution in [0.3, 0.4) is 0 Å². The van der Waals surface area contributed by atoms with Crippen LogP contribution in [0, 0.1) is 5.92 Å². The summed E-state index contributed by atoms with van der Waals surface area (Å²) in [5.41, 5.74) is 0.517. The zero-order valence-corrected chi connectivity index (χ0v) is 11.2. The Balaban J connectivity index is 1.97. The summed E-state index contributed by atoms with van der Waals surface area (Å²) in [6.07, 6.45) is 4.95. The van der Waals surface area contributed by atoms with E-state index < -0.39 is 5.97 Å². The molecular formula is C12H13BrN2O3. The quantitative estimate of drug-likeness (QED) is 0.892. The van der Waals surface area contributed by atoms with Gasteiger partial charge in [-0.05, 0) is 41.3 Å². The normalized spacial score (nSPS) is 22.7. The molecule has 18 heavy (non-hydrogen) atoms. The number of pyridine rings is 1. The van der Waals surface area contributed by atoms with Crippen LogP contribution < -0.4 is 5.32 Å². The Kier molecular flexibility index (Phi) is 3.96. The van der Waals surface area contributed by atoms with Crippen LogP contribution in [0.25, 0.3) is 0 Å². The standard InChI is InChI=1S/C12H13BrN2O3/c13-10-6-14-4-3-9(10)11(16)15-8-2-1-7(5-8)12(17)18/h3-4,6-8H,1-2,5H2,(H,15,16)(H,17,18)/t7-,8+/m1/s1. The average molecular weight is 313 g/mol. The van der Waals surface area contributed by atoms with E-state index in [0.717, 1.165) is 0 Å². The third-order valence-corrected chi connectivity index (χ3v) is 3.77. The van der Waals surface area contributed by atoms with Gasteiger partial charge in [0.1, 0.15) is 0 Å². The van der Waals surface area contributed by atoms with Crippen molar-refractivity contribution in [1.29, 1.82) is 0 Å². The molecule has 1 amide bonds. The maximum absolute atomic E-state index is 12.0. The van der Waals surface area contributed by atoms with E-state index in [4.69, 9.17) is 5.11 Å². The molecule has 1 fully saturated rings. The van der Waals surface area contributed by atoms with Gasteiger partial charge in [0, 0.05) is 22.9 Å². The molecule has 2 atom stereocenters. The van der Waals surface area contributed by atoms with Gasteiger partial charge in [0.05, 0.1) is 11.5 Å². The third kappa shape index (κ3) is 2.87. The zero-order valence-electron chi connectivity index (χ0n) is 9.60. The molecule has 6 heteroatoms. The fourth-order valence-electron chi connectivity index (χ4n) is 2.16. The first-order valence-electron chi connectivity index (χ1n) is 5.71. The number of aromatic nitrogens is 1. The number of carboxylic acids is 1. The van der Waals surface area contributed by atoms with E-state index in [9.17, 15) is 9.59 Å². The second kappa shape index (κ2) is 5.48. The molecule has 0 aliphatic heterocycles. The summed E-state index contributed by atoms with van der Waals surface area (Å²) < 4.78 is 0.635. The predicted molar refractivity (Wildman–Crippen MR) is 68.2 cm³/mol. The summed E-state index contributed by atoms with van der Waals surface area (Å²) >= 11 is 3.26. The van der Waals surface area contributed by atoms with Crippen molar-refractivity contribution < 1.29 is 14.7 Å². The van der Waals surface area contributed by atoms with Crippen molar-refractivity contribution in [3.8, 4) is 0 Å². The second-order valence-electron chi connectivity index (χ2n) is 4.37. The number of halogens is 1. The molecule has 0 saturated heterocycles. The van der Waals surface area contributed by atoms with Crippen molar-refractivity contribution in [1.82, 2.24) is 10.3 Å². The van der Waals surface area contributed by atoms with Crippen LogP contribution in [0.2, 0.25) is 0 Å². The van der Waals surface area contributed by atoms with E-state index >= 15 is 0 Å². The van der Waals surface area contributed by atoms with Crippen LogP contribution in [0.4, 0.5) is 0 Å². The number of hydrogen-bond donors (Lipinski definition) is 2. The Hall–Kier alpha value is -1.43. The van der Waals surface area contributed by atoms with Gasteiger partial charge in [-0.2, -0.15) is 0 Å². The molecule has 1 aliphatic rings. The molecule has 1 aromatic rings. The van der Waals surface area contributed by atoms with Crippen LogP contribution >= 0.6 is 15.9 Å². The highest BCUT2D eigenvalue weighted by atomic mass is 79.9. The molecule has 96 valence electrons. The van der Waals surface area contributed by atoms with E-state index in [1.165, 1.54) is 0 Å². The molecule has 0 unspecified atom stereocenters. The predicted octanol–water partition coefficient (Wildman–Crippen LogP) is 1.83. The first-order valence-corrected chi connectivity index (χ1v) is 6.50. The van der Waals surface area contributed by atoms with E-state index in [2.05, 4.69) is 26.2 Å². The van der Waals surface area contributed by atoms with Gasteiger partial charge in [-0.15, -0.1) is 0 Å². The topological polar surface area (TPSA) is 79.3 Å². The molecule has 2 rings (SSSR count). The molecule has 1 aliphatic carbocycles. The van der Waals surface area contributed by atoms with Gasteiger partial charge in [0.2, 0.25) is 0 Å². The summed E-state index contributed by atoms with van der Waals surface area (Å²) in [6, 6.07) is 1.57. The minimum Gasteiger partial charge on any atom is -0.481 e. The molecule has 0 radical (unpaired) electrons. The molecule has 1 aromatic heterocycles. The van der Waals surface area contributed by atoms with Crippen LogP contribution in [0.15, 0.2) is 22.9 Å². The number of carbonyl (C=O) groups is 2. The Morgan fingerprint density at radius 3 is 2.83 bits per heavy atom.